The standard InChI is InChI=1S/C18H20ClN/c19-14-1-2-17-15(6-14)16(10-20-17)18-7-11-3-12(8-18)5-13(4-11)9-18/h1-2,6,10-13,20H,3-5,7-9H2. The molecule has 4 aliphatic carbocycles. The first-order valence-electron chi connectivity index (χ1n) is 7.99. The molecule has 4 bridgehead atoms. The molecule has 1 heterocycles. The van der Waals surface area contributed by atoms with Crippen LogP contribution in [0.3, 0.4) is 0 Å². The minimum absolute atomic E-state index is 0.456. The van der Waals surface area contributed by atoms with Gasteiger partial charge in [-0.2, -0.15) is 0 Å². The second-order valence-electron chi connectivity index (χ2n) is 7.59. The van der Waals surface area contributed by atoms with E-state index in [9.17, 15) is 0 Å². The van der Waals surface area contributed by atoms with Gasteiger partial charge >= 0.3 is 0 Å². The zero-order chi connectivity index (χ0) is 13.3. The van der Waals surface area contributed by atoms with E-state index < -0.39 is 0 Å². The molecule has 2 heteroatoms. The van der Waals surface area contributed by atoms with Gasteiger partial charge in [0, 0.05) is 22.1 Å². The number of rotatable bonds is 1. The molecule has 0 amide bonds. The molecule has 0 radical (unpaired) electrons. The molecule has 1 aromatic heterocycles. The van der Waals surface area contributed by atoms with E-state index in [0.717, 1.165) is 22.8 Å². The molecule has 6 rings (SSSR count). The van der Waals surface area contributed by atoms with Crippen molar-refractivity contribution in [3.8, 4) is 0 Å². The van der Waals surface area contributed by atoms with Crippen LogP contribution < -0.4 is 0 Å². The van der Waals surface area contributed by atoms with Crippen LogP contribution in [0.15, 0.2) is 24.4 Å². The van der Waals surface area contributed by atoms with Gasteiger partial charge in [0.05, 0.1) is 0 Å². The Balaban J connectivity index is 1.69. The van der Waals surface area contributed by atoms with Gasteiger partial charge in [0.15, 0.2) is 0 Å². The van der Waals surface area contributed by atoms with Crippen molar-refractivity contribution in [3.05, 3.63) is 35.0 Å². The monoisotopic (exact) mass is 285 g/mol. The molecule has 1 aromatic carbocycles. The second kappa shape index (κ2) is 3.82. The fourth-order valence-electron chi connectivity index (χ4n) is 5.97. The summed E-state index contributed by atoms with van der Waals surface area (Å²) in [5.41, 5.74) is 3.27. The summed E-state index contributed by atoms with van der Waals surface area (Å²) in [6, 6.07) is 6.28. The highest BCUT2D eigenvalue weighted by molar-refractivity contribution is 6.31. The van der Waals surface area contributed by atoms with Crippen LogP contribution in [-0.4, -0.2) is 4.98 Å². The topological polar surface area (TPSA) is 15.8 Å². The second-order valence-corrected chi connectivity index (χ2v) is 8.03. The molecule has 4 aliphatic rings. The summed E-state index contributed by atoms with van der Waals surface area (Å²) in [6.07, 6.45) is 11.0. The lowest BCUT2D eigenvalue weighted by atomic mass is 9.48. The number of halogens is 1. The molecule has 0 spiro atoms. The molecule has 0 unspecified atom stereocenters. The van der Waals surface area contributed by atoms with Crippen molar-refractivity contribution >= 4 is 22.5 Å². The number of benzene rings is 1. The van der Waals surface area contributed by atoms with E-state index in [1.54, 1.807) is 5.56 Å². The highest BCUT2D eigenvalue weighted by Crippen LogP contribution is 2.61. The lowest BCUT2D eigenvalue weighted by Crippen LogP contribution is -2.48. The van der Waals surface area contributed by atoms with Crippen LogP contribution in [0.1, 0.15) is 44.1 Å². The van der Waals surface area contributed by atoms with E-state index in [1.807, 2.05) is 6.07 Å². The zero-order valence-corrected chi connectivity index (χ0v) is 12.4. The minimum Gasteiger partial charge on any atom is -0.361 e. The third kappa shape index (κ3) is 1.50. The summed E-state index contributed by atoms with van der Waals surface area (Å²) >= 11 is 6.24. The lowest BCUT2D eigenvalue weighted by molar-refractivity contribution is -0.00449. The van der Waals surface area contributed by atoms with Gasteiger partial charge in [-0.25, -0.2) is 0 Å². The number of hydrogen-bond acceptors (Lipinski definition) is 0. The van der Waals surface area contributed by atoms with Gasteiger partial charge in [-0.05, 0) is 85.5 Å². The number of aromatic nitrogens is 1. The minimum atomic E-state index is 0.456. The molecule has 104 valence electrons. The molecule has 0 atom stereocenters. The van der Waals surface area contributed by atoms with Crippen molar-refractivity contribution in [1.29, 1.82) is 0 Å². The van der Waals surface area contributed by atoms with Crippen molar-refractivity contribution in [2.24, 2.45) is 17.8 Å². The maximum Gasteiger partial charge on any atom is 0.0458 e. The molecular formula is C18H20ClN. The highest BCUT2D eigenvalue weighted by atomic mass is 35.5. The fourth-order valence-corrected chi connectivity index (χ4v) is 6.14. The quantitative estimate of drug-likeness (QED) is 0.733. The SMILES string of the molecule is Clc1ccc2[nH]cc(C34CC5CC(CC(C5)C3)C4)c2c1. The summed E-state index contributed by atoms with van der Waals surface area (Å²) in [5, 5.41) is 2.24. The smallest absolute Gasteiger partial charge is 0.0458 e. The predicted octanol–water partition coefficient (Wildman–Crippen LogP) is 5.29. The molecule has 20 heavy (non-hydrogen) atoms. The summed E-state index contributed by atoms with van der Waals surface area (Å²) in [6.45, 7) is 0. The Morgan fingerprint density at radius 3 is 2.30 bits per heavy atom. The highest BCUT2D eigenvalue weighted by Gasteiger charge is 2.52. The molecule has 4 fully saturated rings. The van der Waals surface area contributed by atoms with Gasteiger partial charge < -0.3 is 4.98 Å². The average Bonchev–Trinajstić information content (AvgIpc) is 2.80. The fraction of sp³-hybridized carbons (Fsp3) is 0.556. The summed E-state index contributed by atoms with van der Waals surface area (Å²) in [5.74, 6) is 2.97. The van der Waals surface area contributed by atoms with Crippen LogP contribution >= 0.6 is 11.6 Å². The maximum absolute atomic E-state index is 6.24. The largest absolute Gasteiger partial charge is 0.361 e. The Kier molecular flexibility index (Phi) is 2.23. The van der Waals surface area contributed by atoms with E-state index in [1.165, 1.54) is 49.4 Å². The van der Waals surface area contributed by atoms with Crippen molar-refractivity contribution in [2.75, 3.05) is 0 Å². The predicted molar refractivity (Wildman–Crippen MR) is 83.2 cm³/mol. The third-order valence-electron chi connectivity index (χ3n) is 6.25. The van der Waals surface area contributed by atoms with E-state index in [4.69, 9.17) is 11.6 Å². The van der Waals surface area contributed by atoms with Crippen LogP contribution in [0.5, 0.6) is 0 Å². The first-order chi connectivity index (χ1) is 9.72. The first-order valence-corrected chi connectivity index (χ1v) is 8.37. The normalized spacial score (nSPS) is 38.8. The van der Waals surface area contributed by atoms with Crippen molar-refractivity contribution < 1.29 is 0 Å². The van der Waals surface area contributed by atoms with Crippen molar-refractivity contribution in [2.45, 2.75) is 43.9 Å². The number of aromatic amines is 1. The van der Waals surface area contributed by atoms with Crippen molar-refractivity contribution in [3.63, 3.8) is 0 Å². The Labute approximate surface area is 124 Å². The summed E-state index contributed by atoms with van der Waals surface area (Å²) in [7, 11) is 0. The first kappa shape index (κ1) is 11.7. The van der Waals surface area contributed by atoms with Crippen LogP contribution in [-0.2, 0) is 5.41 Å². The Morgan fingerprint density at radius 1 is 1.00 bits per heavy atom. The van der Waals surface area contributed by atoms with E-state index >= 15 is 0 Å². The van der Waals surface area contributed by atoms with Gasteiger partial charge in [0.1, 0.15) is 0 Å². The van der Waals surface area contributed by atoms with Gasteiger partial charge in [-0.1, -0.05) is 11.6 Å². The molecule has 1 N–H and O–H groups in total. The number of nitrogens with one attached hydrogen (secondary N) is 1. The van der Waals surface area contributed by atoms with E-state index in [-0.39, 0.29) is 0 Å². The summed E-state index contributed by atoms with van der Waals surface area (Å²) in [4.78, 5) is 3.48. The van der Waals surface area contributed by atoms with Crippen LogP contribution in [0.25, 0.3) is 10.9 Å². The van der Waals surface area contributed by atoms with Gasteiger partial charge in [-0.3, -0.25) is 0 Å². The van der Waals surface area contributed by atoms with Crippen molar-refractivity contribution in [1.82, 2.24) is 4.98 Å². The van der Waals surface area contributed by atoms with Crippen LogP contribution in [0, 0.1) is 17.8 Å². The molecule has 2 aromatic rings. The Hall–Kier alpha value is -0.950. The molecule has 0 saturated heterocycles. The van der Waals surface area contributed by atoms with Gasteiger partial charge in [0.2, 0.25) is 0 Å². The molecular weight excluding hydrogens is 266 g/mol. The Bertz CT molecular complexity index is 648. The Morgan fingerprint density at radius 2 is 1.65 bits per heavy atom. The van der Waals surface area contributed by atoms with Gasteiger partial charge in [-0.15, -0.1) is 0 Å². The summed E-state index contributed by atoms with van der Waals surface area (Å²) < 4.78 is 0. The van der Waals surface area contributed by atoms with Crippen LogP contribution in [0.2, 0.25) is 5.02 Å². The number of hydrogen-bond donors (Lipinski definition) is 1. The third-order valence-corrected chi connectivity index (χ3v) is 6.49. The molecule has 0 aliphatic heterocycles. The average molecular weight is 286 g/mol. The maximum atomic E-state index is 6.24. The van der Waals surface area contributed by atoms with E-state index in [2.05, 4.69) is 23.3 Å². The number of fused-ring (bicyclic) bond motifs is 1. The zero-order valence-electron chi connectivity index (χ0n) is 11.7. The van der Waals surface area contributed by atoms with Gasteiger partial charge in [0.25, 0.3) is 0 Å². The molecule has 1 nitrogen and oxygen atoms in total. The van der Waals surface area contributed by atoms with Crippen LogP contribution in [0.4, 0.5) is 0 Å². The van der Waals surface area contributed by atoms with E-state index in [0.29, 0.717) is 5.41 Å². The molecule has 4 saturated carbocycles. The lowest BCUT2D eigenvalue weighted by Gasteiger charge is -2.57. The number of H-pyrrole nitrogens is 1.